The molecule has 0 amide bonds. The predicted octanol–water partition coefficient (Wildman–Crippen LogP) is 4.96. The van der Waals surface area contributed by atoms with Crippen molar-refractivity contribution in [3.05, 3.63) is 45.8 Å². The molecule has 0 aromatic heterocycles. The van der Waals surface area contributed by atoms with Gasteiger partial charge in [-0.3, -0.25) is 9.59 Å². The number of allylic oxidation sites excluding steroid dienone is 4. The van der Waals surface area contributed by atoms with Crippen LogP contribution in [0.4, 0.5) is 4.39 Å². The van der Waals surface area contributed by atoms with Crippen LogP contribution in [0, 0.1) is 28.6 Å². The van der Waals surface area contributed by atoms with E-state index in [-0.39, 0.29) is 28.9 Å². The van der Waals surface area contributed by atoms with Crippen LogP contribution < -0.4 is 0 Å². The summed E-state index contributed by atoms with van der Waals surface area (Å²) in [4.78, 5) is 27.5. The Balaban J connectivity index is 1.87. The molecule has 3 saturated carbocycles. The molecule has 0 radical (unpaired) electrons. The summed E-state index contributed by atoms with van der Waals surface area (Å²) in [5.41, 5.74) is 9.03. The molecule has 5 nitrogen and oxygen atoms in total. The van der Waals surface area contributed by atoms with E-state index in [4.69, 9.17) is 5.53 Å². The first-order valence-corrected chi connectivity index (χ1v) is 9.18. The van der Waals surface area contributed by atoms with Crippen molar-refractivity contribution in [2.75, 3.05) is 0 Å². The van der Waals surface area contributed by atoms with Crippen LogP contribution in [0.2, 0.25) is 0 Å². The first-order chi connectivity index (χ1) is 12.2. The molecule has 5 atom stereocenters. The predicted molar refractivity (Wildman–Crippen MR) is 94.3 cm³/mol. The van der Waals surface area contributed by atoms with Crippen LogP contribution in [0.3, 0.4) is 0 Å². The third-order valence-electron chi connectivity index (χ3n) is 7.53. The molecular weight excluding hydrogens is 333 g/mol. The molecule has 0 bridgehead atoms. The highest BCUT2D eigenvalue weighted by atomic mass is 19.1. The van der Waals surface area contributed by atoms with Crippen molar-refractivity contribution in [2.24, 2.45) is 33.7 Å². The topological polar surface area (TPSA) is 82.9 Å². The first-order valence-electron chi connectivity index (χ1n) is 9.18. The van der Waals surface area contributed by atoms with Crippen LogP contribution in [0.5, 0.6) is 0 Å². The molecule has 136 valence electrons. The highest BCUT2D eigenvalue weighted by molar-refractivity contribution is 6.09. The van der Waals surface area contributed by atoms with Gasteiger partial charge in [-0.05, 0) is 60.6 Å². The molecule has 3 fully saturated rings. The number of rotatable bonds is 1. The van der Waals surface area contributed by atoms with E-state index in [1.54, 1.807) is 0 Å². The fourth-order valence-corrected chi connectivity index (χ4v) is 6.34. The van der Waals surface area contributed by atoms with E-state index < -0.39 is 17.0 Å². The molecule has 4 aliphatic rings. The van der Waals surface area contributed by atoms with E-state index in [1.165, 1.54) is 6.08 Å². The summed E-state index contributed by atoms with van der Waals surface area (Å²) in [7, 11) is 0. The van der Waals surface area contributed by atoms with Crippen molar-refractivity contribution in [1.82, 2.24) is 0 Å². The smallest absolute Gasteiger partial charge is 0.223 e. The van der Waals surface area contributed by atoms with Crippen molar-refractivity contribution in [3.8, 4) is 0 Å². The Hall–Kier alpha value is -2.20. The van der Waals surface area contributed by atoms with Crippen LogP contribution in [0.1, 0.15) is 46.0 Å². The third kappa shape index (κ3) is 1.99. The maximum Gasteiger partial charge on any atom is 0.223 e. The van der Waals surface area contributed by atoms with Crippen LogP contribution in [-0.2, 0) is 9.59 Å². The van der Waals surface area contributed by atoms with E-state index in [9.17, 15) is 14.0 Å². The highest BCUT2D eigenvalue weighted by Crippen LogP contribution is 2.65. The quantitative estimate of drug-likeness (QED) is 0.378. The Bertz CT molecular complexity index is 866. The fraction of sp³-hybridized carbons (Fsp3) is 0.600. The average molecular weight is 355 g/mol. The Morgan fingerprint density at radius 1 is 1.31 bits per heavy atom. The zero-order valence-corrected chi connectivity index (χ0v) is 15.1. The van der Waals surface area contributed by atoms with Crippen LogP contribution >= 0.6 is 0 Å². The number of Topliss-reactive ketones (excluding diaryl/α,β-unsaturated/α-hetero) is 2. The monoisotopic (exact) mass is 355 g/mol. The summed E-state index contributed by atoms with van der Waals surface area (Å²) in [6.45, 7) is 8.15. The van der Waals surface area contributed by atoms with E-state index >= 15 is 0 Å². The van der Waals surface area contributed by atoms with Crippen LogP contribution in [-0.4, -0.2) is 11.6 Å². The number of azide groups is 1. The molecule has 0 aliphatic heterocycles. The van der Waals surface area contributed by atoms with E-state index in [0.717, 1.165) is 24.8 Å². The van der Waals surface area contributed by atoms with Gasteiger partial charge in [0, 0.05) is 22.2 Å². The molecule has 0 aromatic rings. The zero-order chi connectivity index (χ0) is 18.9. The molecule has 0 heterocycles. The lowest BCUT2D eigenvalue weighted by Crippen LogP contribution is -2.50. The molecule has 26 heavy (non-hydrogen) atoms. The van der Waals surface area contributed by atoms with Gasteiger partial charge in [-0.25, -0.2) is 4.39 Å². The summed E-state index contributed by atoms with van der Waals surface area (Å²) in [5.74, 6) is -0.774. The van der Waals surface area contributed by atoms with Gasteiger partial charge >= 0.3 is 0 Å². The minimum absolute atomic E-state index is 0.106. The summed E-state index contributed by atoms with van der Waals surface area (Å²) >= 11 is 0. The minimum atomic E-state index is -0.858. The number of ketones is 2. The number of carbonyl (C=O) groups is 2. The standard InChI is InChI=1S/C20H22FN3O2/c1-10-8-11-12-4-5-15(25)19(12,2)7-6-13(11)20(3)9-14(21)18(26)17(16(10)20)23-24-22/h9,11-13H,1,4-8H2,2-3H3/t11-,12-,13-,19-,20+/m0/s1. The average Bonchev–Trinajstić information content (AvgIpc) is 2.88. The van der Waals surface area contributed by atoms with Crippen molar-refractivity contribution in [2.45, 2.75) is 46.0 Å². The Kier molecular flexibility index (Phi) is 3.58. The third-order valence-corrected chi connectivity index (χ3v) is 7.53. The molecule has 0 unspecified atom stereocenters. The molecule has 6 heteroatoms. The van der Waals surface area contributed by atoms with Gasteiger partial charge in [0.05, 0.1) is 5.70 Å². The van der Waals surface area contributed by atoms with Gasteiger partial charge in [0.1, 0.15) is 5.78 Å². The van der Waals surface area contributed by atoms with Crippen LogP contribution in [0.25, 0.3) is 10.4 Å². The number of nitrogens with zero attached hydrogens (tertiary/aromatic N) is 3. The maximum atomic E-state index is 14.5. The molecule has 0 spiro atoms. The lowest BCUT2D eigenvalue weighted by molar-refractivity contribution is -0.131. The van der Waals surface area contributed by atoms with Crippen molar-refractivity contribution >= 4 is 11.6 Å². The maximum absolute atomic E-state index is 14.5. The molecular formula is C20H22FN3O2. The normalized spacial score (nSPS) is 41.9. The van der Waals surface area contributed by atoms with Crippen LogP contribution in [0.15, 0.2) is 40.4 Å². The molecule has 4 rings (SSSR count). The number of carbonyl (C=O) groups excluding carboxylic acids is 2. The number of fused-ring (bicyclic) bond motifs is 5. The summed E-state index contributed by atoms with van der Waals surface area (Å²) in [6, 6.07) is 0. The van der Waals surface area contributed by atoms with E-state index in [1.807, 2.05) is 6.92 Å². The molecule has 0 N–H and O–H groups in total. The van der Waals surface area contributed by atoms with Gasteiger partial charge < -0.3 is 0 Å². The molecule has 0 aromatic carbocycles. The number of halogens is 1. The van der Waals surface area contributed by atoms with Gasteiger partial charge in [0.25, 0.3) is 0 Å². The van der Waals surface area contributed by atoms with Gasteiger partial charge in [-0.1, -0.05) is 31.1 Å². The van der Waals surface area contributed by atoms with Gasteiger partial charge in [-0.2, -0.15) is 0 Å². The largest absolute Gasteiger partial charge is 0.299 e. The van der Waals surface area contributed by atoms with E-state index in [0.29, 0.717) is 24.2 Å². The summed E-state index contributed by atoms with van der Waals surface area (Å²) in [5, 5.41) is 3.54. The summed E-state index contributed by atoms with van der Waals surface area (Å²) in [6.07, 6.45) is 5.13. The fourth-order valence-electron chi connectivity index (χ4n) is 6.34. The minimum Gasteiger partial charge on any atom is -0.299 e. The lowest BCUT2D eigenvalue weighted by atomic mass is 9.47. The summed E-state index contributed by atoms with van der Waals surface area (Å²) < 4.78 is 14.5. The first kappa shape index (κ1) is 17.2. The Morgan fingerprint density at radius 2 is 2.04 bits per heavy atom. The lowest BCUT2D eigenvalue weighted by Gasteiger charge is -2.56. The Labute approximate surface area is 151 Å². The second kappa shape index (κ2) is 5.40. The second-order valence-electron chi connectivity index (χ2n) is 8.62. The van der Waals surface area contributed by atoms with Crippen molar-refractivity contribution < 1.29 is 14.0 Å². The molecule has 0 saturated heterocycles. The highest BCUT2D eigenvalue weighted by Gasteiger charge is 2.60. The van der Waals surface area contributed by atoms with E-state index in [2.05, 4.69) is 23.5 Å². The van der Waals surface area contributed by atoms with Crippen molar-refractivity contribution in [3.63, 3.8) is 0 Å². The SMILES string of the molecule is C=C1C[C@@H]2[C@H](CC[C@]3(C)C(=O)CC[C@@H]23)[C@@]2(C)C=C(F)C(=O)C(N=[N+]=[N-])=C12. The number of hydrogen-bond donors (Lipinski definition) is 0. The Morgan fingerprint density at radius 3 is 2.73 bits per heavy atom. The van der Waals surface area contributed by atoms with Gasteiger partial charge in [-0.15, -0.1) is 0 Å². The molecule has 4 aliphatic carbocycles. The van der Waals surface area contributed by atoms with Gasteiger partial charge in [0.2, 0.25) is 5.78 Å². The van der Waals surface area contributed by atoms with Crippen molar-refractivity contribution in [1.29, 1.82) is 0 Å². The zero-order valence-electron chi connectivity index (χ0n) is 15.1. The van der Waals surface area contributed by atoms with Gasteiger partial charge in [0.15, 0.2) is 5.83 Å². The number of hydrogen-bond acceptors (Lipinski definition) is 3. The second-order valence-corrected chi connectivity index (χ2v) is 8.62.